The van der Waals surface area contributed by atoms with Gasteiger partial charge in [-0.25, -0.2) is 9.67 Å². The van der Waals surface area contributed by atoms with Gasteiger partial charge in [-0.05, 0) is 31.9 Å². The van der Waals surface area contributed by atoms with Gasteiger partial charge in [-0.3, -0.25) is 10.1 Å². The molecular formula is C11H12N4O2. The van der Waals surface area contributed by atoms with Crippen molar-refractivity contribution in [1.82, 2.24) is 14.8 Å². The lowest BCUT2D eigenvalue weighted by Crippen LogP contribution is -2.04. The van der Waals surface area contributed by atoms with Gasteiger partial charge in [0.2, 0.25) is 0 Å². The lowest BCUT2D eigenvalue weighted by atomic mass is 10.1. The minimum absolute atomic E-state index is 0.0398. The summed E-state index contributed by atoms with van der Waals surface area (Å²) in [7, 11) is 0. The fourth-order valence-corrected chi connectivity index (χ4v) is 1.68. The molecule has 0 aliphatic rings. The van der Waals surface area contributed by atoms with Gasteiger partial charge < -0.3 is 0 Å². The van der Waals surface area contributed by atoms with Crippen molar-refractivity contribution in [3.8, 4) is 5.69 Å². The van der Waals surface area contributed by atoms with Crippen molar-refractivity contribution in [2.24, 2.45) is 0 Å². The molecule has 0 spiro atoms. The van der Waals surface area contributed by atoms with Crippen LogP contribution in [0.25, 0.3) is 5.69 Å². The fraction of sp³-hybridized carbons (Fsp3) is 0.273. The zero-order valence-corrected chi connectivity index (χ0v) is 9.84. The van der Waals surface area contributed by atoms with Crippen LogP contribution in [0, 0.1) is 30.9 Å². The van der Waals surface area contributed by atoms with Gasteiger partial charge in [0.15, 0.2) is 0 Å². The number of nitro benzene ring substituents is 1. The van der Waals surface area contributed by atoms with Crippen LogP contribution in [0.3, 0.4) is 0 Å². The molecule has 1 aromatic heterocycles. The molecule has 1 heterocycles. The summed E-state index contributed by atoms with van der Waals surface area (Å²) < 4.78 is 1.45. The number of nitrogens with zero attached hydrogens (tertiary/aromatic N) is 4. The van der Waals surface area contributed by atoms with Crippen molar-refractivity contribution in [2.75, 3.05) is 0 Å². The van der Waals surface area contributed by atoms with Crippen LogP contribution in [0.15, 0.2) is 18.5 Å². The molecule has 0 bridgehead atoms. The molecule has 0 fully saturated rings. The van der Waals surface area contributed by atoms with Gasteiger partial charge in [0, 0.05) is 6.07 Å². The minimum Gasteiger partial charge on any atom is -0.258 e. The zero-order chi connectivity index (χ0) is 12.6. The highest BCUT2D eigenvalue weighted by atomic mass is 16.6. The van der Waals surface area contributed by atoms with Gasteiger partial charge in [0.25, 0.3) is 5.69 Å². The van der Waals surface area contributed by atoms with E-state index in [4.69, 9.17) is 0 Å². The maximum absolute atomic E-state index is 11.0. The molecule has 0 amide bonds. The van der Waals surface area contributed by atoms with E-state index in [0.717, 1.165) is 11.1 Å². The van der Waals surface area contributed by atoms with E-state index in [9.17, 15) is 10.1 Å². The highest BCUT2D eigenvalue weighted by Gasteiger charge is 2.19. The van der Waals surface area contributed by atoms with Crippen molar-refractivity contribution >= 4 is 5.69 Å². The second-order valence-corrected chi connectivity index (χ2v) is 3.87. The topological polar surface area (TPSA) is 73.8 Å². The third-order valence-corrected chi connectivity index (χ3v) is 2.71. The summed E-state index contributed by atoms with van der Waals surface area (Å²) in [4.78, 5) is 14.6. The Labute approximate surface area is 98.1 Å². The molecule has 17 heavy (non-hydrogen) atoms. The smallest absolute Gasteiger partial charge is 0.258 e. The highest BCUT2D eigenvalue weighted by Crippen LogP contribution is 2.27. The standard InChI is InChI=1S/C11H12N4O2/c1-7-4-5-10(15(16)17)11(8(7)2)14-6-12-9(3)13-14/h4-6H,1-3H3. The average molecular weight is 232 g/mol. The first kappa shape index (κ1) is 11.3. The Morgan fingerprint density at radius 3 is 2.53 bits per heavy atom. The number of hydrogen-bond donors (Lipinski definition) is 0. The van der Waals surface area contributed by atoms with Crippen molar-refractivity contribution in [2.45, 2.75) is 20.8 Å². The second-order valence-electron chi connectivity index (χ2n) is 3.87. The molecule has 0 aliphatic heterocycles. The molecule has 0 saturated carbocycles. The average Bonchev–Trinajstić information content (AvgIpc) is 2.68. The van der Waals surface area contributed by atoms with Gasteiger partial charge in [-0.1, -0.05) is 6.07 Å². The molecule has 0 radical (unpaired) electrons. The van der Waals surface area contributed by atoms with Crippen molar-refractivity contribution in [3.63, 3.8) is 0 Å². The first-order valence-electron chi connectivity index (χ1n) is 5.14. The quantitative estimate of drug-likeness (QED) is 0.587. The van der Waals surface area contributed by atoms with Gasteiger partial charge in [0.05, 0.1) is 4.92 Å². The SMILES string of the molecule is Cc1ncn(-c2c([N+](=O)[O-])ccc(C)c2C)n1. The Balaban J connectivity index is 2.73. The molecule has 0 N–H and O–H groups in total. The summed E-state index contributed by atoms with van der Waals surface area (Å²) in [5, 5.41) is 15.1. The van der Waals surface area contributed by atoms with Gasteiger partial charge in [-0.15, -0.1) is 0 Å². The number of aryl methyl sites for hydroxylation is 2. The second kappa shape index (κ2) is 3.97. The maximum Gasteiger partial charge on any atom is 0.295 e. The van der Waals surface area contributed by atoms with Crippen molar-refractivity contribution < 1.29 is 4.92 Å². The van der Waals surface area contributed by atoms with Crippen LogP contribution in [-0.4, -0.2) is 19.7 Å². The zero-order valence-electron chi connectivity index (χ0n) is 9.84. The van der Waals surface area contributed by atoms with Crippen molar-refractivity contribution in [3.05, 3.63) is 45.5 Å². The molecule has 6 nitrogen and oxygen atoms in total. The van der Waals surface area contributed by atoms with Crippen LogP contribution in [0.1, 0.15) is 17.0 Å². The molecule has 1 aromatic carbocycles. The van der Waals surface area contributed by atoms with E-state index in [1.54, 1.807) is 13.0 Å². The summed E-state index contributed by atoms with van der Waals surface area (Å²) in [6.07, 6.45) is 1.49. The summed E-state index contributed by atoms with van der Waals surface area (Å²) in [5.74, 6) is 0.584. The predicted octanol–water partition coefficient (Wildman–Crippen LogP) is 2.10. The van der Waals surface area contributed by atoms with Gasteiger partial charge in [0.1, 0.15) is 17.8 Å². The Hall–Kier alpha value is -2.24. The third-order valence-electron chi connectivity index (χ3n) is 2.71. The first-order valence-corrected chi connectivity index (χ1v) is 5.14. The molecule has 0 atom stereocenters. The summed E-state index contributed by atoms with van der Waals surface area (Å²) in [6, 6.07) is 3.23. The number of hydrogen-bond acceptors (Lipinski definition) is 4. The van der Waals surface area contributed by atoms with Crippen LogP contribution in [-0.2, 0) is 0 Å². The lowest BCUT2D eigenvalue weighted by Gasteiger charge is -2.08. The Kier molecular flexibility index (Phi) is 2.63. The Morgan fingerprint density at radius 2 is 2.00 bits per heavy atom. The Bertz CT molecular complexity index is 589. The molecule has 2 rings (SSSR count). The maximum atomic E-state index is 11.0. The number of benzene rings is 1. The summed E-state index contributed by atoms with van der Waals surface area (Å²) >= 11 is 0. The van der Waals surface area contributed by atoms with E-state index in [1.165, 1.54) is 17.1 Å². The monoisotopic (exact) mass is 232 g/mol. The van der Waals surface area contributed by atoms with Crippen LogP contribution < -0.4 is 0 Å². The molecule has 0 unspecified atom stereocenters. The molecular weight excluding hydrogens is 220 g/mol. The summed E-state index contributed by atoms with van der Waals surface area (Å²) in [6.45, 7) is 5.49. The minimum atomic E-state index is -0.404. The molecule has 0 aliphatic carbocycles. The molecule has 88 valence electrons. The van der Waals surface area contributed by atoms with Crippen molar-refractivity contribution in [1.29, 1.82) is 0 Å². The van der Waals surface area contributed by atoms with Gasteiger partial charge >= 0.3 is 0 Å². The number of aromatic nitrogens is 3. The molecule has 6 heteroatoms. The van der Waals surface area contributed by atoms with Crippen LogP contribution >= 0.6 is 0 Å². The van der Waals surface area contributed by atoms with Gasteiger partial charge in [-0.2, -0.15) is 5.10 Å². The van der Waals surface area contributed by atoms with E-state index < -0.39 is 4.92 Å². The van der Waals surface area contributed by atoms with Crippen LogP contribution in [0.2, 0.25) is 0 Å². The van der Waals surface area contributed by atoms with E-state index in [0.29, 0.717) is 11.5 Å². The van der Waals surface area contributed by atoms with Crippen LogP contribution in [0.4, 0.5) is 5.69 Å². The third kappa shape index (κ3) is 1.89. The predicted molar refractivity (Wildman–Crippen MR) is 62.2 cm³/mol. The van der Waals surface area contributed by atoms with E-state index >= 15 is 0 Å². The number of nitro groups is 1. The highest BCUT2D eigenvalue weighted by molar-refractivity contribution is 5.59. The van der Waals surface area contributed by atoms with E-state index in [2.05, 4.69) is 10.1 Å². The Morgan fingerprint density at radius 1 is 1.29 bits per heavy atom. The van der Waals surface area contributed by atoms with Crippen LogP contribution in [0.5, 0.6) is 0 Å². The van der Waals surface area contributed by atoms with E-state index in [1.807, 2.05) is 13.8 Å². The van der Waals surface area contributed by atoms with E-state index in [-0.39, 0.29) is 5.69 Å². The molecule has 2 aromatic rings. The normalized spacial score (nSPS) is 10.5. The number of rotatable bonds is 2. The molecule has 0 saturated heterocycles. The first-order chi connectivity index (χ1) is 8.00. The fourth-order valence-electron chi connectivity index (χ4n) is 1.68. The lowest BCUT2D eigenvalue weighted by molar-refractivity contribution is -0.384. The summed E-state index contributed by atoms with van der Waals surface area (Å²) in [5.41, 5.74) is 2.34. The largest absolute Gasteiger partial charge is 0.295 e.